The summed E-state index contributed by atoms with van der Waals surface area (Å²) in [5.74, 6) is -0.911. The van der Waals surface area contributed by atoms with Gasteiger partial charge in [-0.3, -0.25) is 34.6 Å². The second-order valence-corrected chi connectivity index (χ2v) is 16.8. The first-order chi connectivity index (χ1) is 28.0. The van der Waals surface area contributed by atoms with Crippen molar-refractivity contribution in [3.63, 3.8) is 0 Å². The standard InChI is InChI=1S/C41H74N6O11S/c1-7-9-10-13-16-22-42-38(54)46-40(56)47-39(55)43-23-17-14-11-12-15-20-36(52)58-29-31(28-57-35(51)8-2)44-27-32(49)21-25-59-33(37(53)45-30(3)4)26-41(5,6)34(50)19-18-24-48/h30-31,33,44,48H,7-29H2,1-6H3,(H,45,53)(H4,42,43,46,47,54,55,56)/t31-,33?/m0/s1. The Morgan fingerprint density at radius 3 is 1.80 bits per heavy atom. The molecule has 0 heterocycles. The largest absolute Gasteiger partial charge is 0.464 e. The lowest BCUT2D eigenvalue weighted by atomic mass is 9.81. The molecule has 0 fully saturated rings. The van der Waals surface area contributed by atoms with Crippen molar-refractivity contribution >= 4 is 59.3 Å². The first-order valence-corrected chi connectivity index (χ1v) is 22.3. The lowest BCUT2D eigenvalue weighted by Gasteiger charge is -2.28. The molecule has 59 heavy (non-hydrogen) atoms. The van der Waals surface area contributed by atoms with Crippen LogP contribution in [0.2, 0.25) is 0 Å². The number of aliphatic hydroxyl groups excluding tert-OH is 1. The molecule has 0 aliphatic carbocycles. The maximum Gasteiger partial charge on any atom is 0.330 e. The van der Waals surface area contributed by atoms with Gasteiger partial charge in [-0.05, 0) is 46.0 Å². The summed E-state index contributed by atoms with van der Waals surface area (Å²) in [7, 11) is 0. The molecule has 340 valence electrons. The predicted molar refractivity (Wildman–Crippen MR) is 228 cm³/mol. The van der Waals surface area contributed by atoms with Crippen LogP contribution in [0.15, 0.2) is 0 Å². The highest BCUT2D eigenvalue weighted by Crippen LogP contribution is 2.31. The molecule has 0 rings (SSSR count). The Morgan fingerprint density at radius 1 is 0.678 bits per heavy atom. The van der Waals surface area contributed by atoms with Crippen LogP contribution in [0, 0.1) is 5.41 Å². The van der Waals surface area contributed by atoms with E-state index in [0.29, 0.717) is 38.1 Å². The number of rotatable bonds is 34. The molecule has 0 aliphatic heterocycles. The Kier molecular flexibility index (Phi) is 31.8. The van der Waals surface area contributed by atoms with Crippen molar-refractivity contribution in [3.8, 4) is 0 Å². The highest BCUT2D eigenvalue weighted by Gasteiger charge is 2.33. The number of carbonyl (C=O) groups is 8. The molecule has 0 saturated heterocycles. The van der Waals surface area contributed by atoms with Gasteiger partial charge in [-0.25, -0.2) is 14.4 Å². The van der Waals surface area contributed by atoms with Gasteiger partial charge in [0.05, 0.1) is 17.8 Å². The van der Waals surface area contributed by atoms with Crippen LogP contribution < -0.4 is 31.9 Å². The minimum Gasteiger partial charge on any atom is -0.464 e. The van der Waals surface area contributed by atoms with Gasteiger partial charge in [0, 0.05) is 62.6 Å². The van der Waals surface area contributed by atoms with Gasteiger partial charge in [0.15, 0.2) is 0 Å². The molecule has 1 unspecified atom stereocenters. The average molecular weight is 859 g/mol. The number of unbranched alkanes of at least 4 members (excludes halogenated alkanes) is 8. The highest BCUT2D eigenvalue weighted by molar-refractivity contribution is 8.00. The number of hydrogen-bond donors (Lipinski definition) is 7. The molecule has 0 bridgehead atoms. The van der Waals surface area contributed by atoms with Gasteiger partial charge in [-0.2, -0.15) is 0 Å². The highest BCUT2D eigenvalue weighted by atomic mass is 32.2. The van der Waals surface area contributed by atoms with Gasteiger partial charge in [-0.1, -0.05) is 72.6 Å². The van der Waals surface area contributed by atoms with Gasteiger partial charge < -0.3 is 35.8 Å². The van der Waals surface area contributed by atoms with Crippen molar-refractivity contribution in [1.82, 2.24) is 31.9 Å². The van der Waals surface area contributed by atoms with Crippen LogP contribution in [-0.2, 0) is 33.4 Å². The van der Waals surface area contributed by atoms with E-state index >= 15 is 0 Å². The van der Waals surface area contributed by atoms with E-state index in [-0.39, 0.29) is 82.0 Å². The quantitative estimate of drug-likeness (QED) is 0.0340. The normalized spacial score (nSPS) is 12.2. The summed E-state index contributed by atoms with van der Waals surface area (Å²) in [5, 5.41) is 23.7. The zero-order valence-corrected chi connectivity index (χ0v) is 37.2. The van der Waals surface area contributed by atoms with Crippen LogP contribution in [0.4, 0.5) is 14.4 Å². The molecule has 18 heteroatoms. The lowest BCUT2D eigenvalue weighted by molar-refractivity contribution is -0.147. The van der Waals surface area contributed by atoms with E-state index < -0.39 is 46.7 Å². The smallest absolute Gasteiger partial charge is 0.330 e. The van der Waals surface area contributed by atoms with E-state index in [1.54, 1.807) is 20.8 Å². The Labute approximate surface area is 355 Å². The van der Waals surface area contributed by atoms with Crippen molar-refractivity contribution in [2.24, 2.45) is 5.41 Å². The van der Waals surface area contributed by atoms with Crippen LogP contribution >= 0.6 is 11.8 Å². The summed E-state index contributed by atoms with van der Waals surface area (Å²) in [5.41, 5.74) is -0.787. The molecule has 0 aromatic rings. The third-order valence-corrected chi connectivity index (χ3v) is 10.3. The monoisotopic (exact) mass is 859 g/mol. The summed E-state index contributed by atoms with van der Waals surface area (Å²) in [6.45, 7) is 11.5. The summed E-state index contributed by atoms with van der Waals surface area (Å²) < 4.78 is 10.7. The molecule has 0 spiro atoms. The molecular weight excluding hydrogens is 785 g/mol. The van der Waals surface area contributed by atoms with Crippen LogP contribution in [0.25, 0.3) is 0 Å². The van der Waals surface area contributed by atoms with Crippen LogP contribution in [-0.4, -0.2) is 115 Å². The minimum atomic E-state index is -0.914. The first kappa shape index (κ1) is 55.2. The number of thioether (sulfide) groups is 1. The number of hydrogen-bond acceptors (Lipinski definition) is 13. The van der Waals surface area contributed by atoms with Crippen molar-refractivity contribution in [3.05, 3.63) is 0 Å². The topological polar surface area (TPSA) is 247 Å². The number of aliphatic hydroxyl groups is 1. The second-order valence-electron chi connectivity index (χ2n) is 15.5. The van der Waals surface area contributed by atoms with E-state index in [1.165, 1.54) is 11.8 Å². The van der Waals surface area contributed by atoms with Gasteiger partial charge in [-0.15, -0.1) is 11.8 Å². The number of ether oxygens (including phenoxy) is 2. The van der Waals surface area contributed by atoms with E-state index in [2.05, 4.69) is 38.8 Å². The summed E-state index contributed by atoms with van der Waals surface area (Å²) >= 11 is 1.31. The number of esters is 2. The van der Waals surface area contributed by atoms with E-state index in [0.717, 1.165) is 51.4 Å². The molecule has 7 amide bonds. The number of nitrogens with one attached hydrogen (secondary N) is 6. The Morgan fingerprint density at radius 2 is 1.24 bits per heavy atom. The number of Topliss-reactive ketones (excluding diaryl/α,β-unsaturated/α-hetero) is 2. The van der Waals surface area contributed by atoms with Crippen molar-refractivity contribution in [2.45, 2.75) is 162 Å². The zero-order valence-electron chi connectivity index (χ0n) is 36.4. The third-order valence-electron chi connectivity index (χ3n) is 9.07. The fraction of sp³-hybridized carbons (Fsp3) is 0.805. The fourth-order valence-corrected chi connectivity index (χ4v) is 6.92. The maximum absolute atomic E-state index is 13.0. The Bertz CT molecular complexity index is 1280. The van der Waals surface area contributed by atoms with Crippen LogP contribution in [0.1, 0.15) is 144 Å². The number of amides is 7. The minimum absolute atomic E-state index is 0.0351. The van der Waals surface area contributed by atoms with Crippen molar-refractivity contribution < 1.29 is 52.9 Å². The molecule has 17 nitrogen and oxygen atoms in total. The molecule has 0 aromatic carbocycles. The number of ketones is 2. The second kappa shape index (κ2) is 34.0. The van der Waals surface area contributed by atoms with Gasteiger partial charge in [0.2, 0.25) is 5.91 Å². The van der Waals surface area contributed by atoms with E-state index in [1.807, 2.05) is 13.8 Å². The summed E-state index contributed by atoms with van der Waals surface area (Å²) in [4.78, 5) is 98.4. The Hall–Kier alpha value is -3.77. The van der Waals surface area contributed by atoms with Gasteiger partial charge in [0.25, 0.3) is 0 Å². The molecule has 0 aliphatic rings. The zero-order chi connectivity index (χ0) is 44.5. The van der Waals surface area contributed by atoms with Crippen LogP contribution in [0.3, 0.4) is 0 Å². The van der Waals surface area contributed by atoms with Gasteiger partial charge >= 0.3 is 30.0 Å². The number of carbonyl (C=O) groups excluding carboxylic acids is 8. The number of imide groups is 2. The lowest BCUT2D eigenvalue weighted by Crippen LogP contribution is -2.49. The molecular formula is C41H74N6O11S. The summed E-state index contributed by atoms with van der Waals surface area (Å²) in [6, 6.07) is -3.00. The Balaban J connectivity index is 4.55. The maximum atomic E-state index is 13.0. The molecule has 7 N–H and O–H groups in total. The van der Waals surface area contributed by atoms with Gasteiger partial charge in [0.1, 0.15) is 24.8 Å². The number of urea groups is 3. The molecule has 0 saturated carbocycles. The SMILES string of the molecule is CCCCCCCNC(=O)NC(=O)NC(=O)NCCCCCCCC(=O)OC[C@H](COC(=O)CC)NCC(=O)CCSC(CC(C)(C)C(=O)CCCO)C(=O)NC(C)C. The predicted octanol–water partition coefficient (Wildman–Crippen LogP) is 4.81. The van der Waals surface area contributed by atoms with E-state index in [9.17, 15) is 38.4 Å². The molecule has 0 aromatic heterocycles. The van der Waals surface area contributed by atoms with Crippen molar-refractivity contribution in [2.75, 3.05) is 45.2 Å². The summed E-state index contributed by atoms with van der Waals surface area (Å²) in [6.07, 6.45) is 10.1. The molecule has 2 atom stereocenters. The van der Waals surface area contributed by atoms with Crippen LogP contribution in [0.5, 0.6) is 0 Å². The van der Waals surface area contributed by atoms with Crippen molar-refractivity contribution in [1.29, 1.82) is 0 Å². The third kappa shape index (κ3) is 30.9. The molecule has 0 radical (unpaired) electrons. The average Bonchev–Trinajstić information content (AvgIpc) is 3.17. The fourth-order valence-electron chi connectivity index (χ4n) is 5.53. The van der Waals surface area contributed by atoms with E-state index in [4.69, 9.17) is 14.6 Å². The first-order valence-electron chi connectivity index (χ1n) is 21.3.